The number of hydrogen-bond donors (Lipinski definition) is 1. The lowest BCUT2D eigenvalue weighted by Gasteiger charge is -2.16. The van der Waals surface area contributed by atoms with Crippen molar-refractivity contribution in [3.05, 3.63) is 28.2 Å². The van der Waals surface area contributed by atoms with Crippen LogP contribution in [-0.2, 0) is 0 Å². The summed E-state index contributed by atoms with van der Waals surface area (Å²) in [4.78, 5) is 0. The van der Waals surface area contributed by atoms with Crippen LogP contribution in [0.25, 0.3) is 0 Å². The first-order chi connectivity index (χ1) is 9.21. The molecule has 2 nitrogen and oxygen atoms in total. The van der Waals surface area contributed by atoms with Gasteiger partial charge in [0, 0.05) is 6.04 Å². The van der Waals surface area contributed by atoms with E-state index in [9.17, 15) is 0 Å². The van der Waals surface area contributed by atoms with Crippen LogP contribution in [0.3, 0.4) is 0 Å². The fourth-order valence-electron chi connectivity index (χ4n) is 3.21. The summed E-state index contributed by atoms with van der Waals surface area (Å²) in [5.41, 5.74) is 2.18. The fourth-order valence-corrected chi connectivity index (χ4v) is 3.77. The minimum Gasteiger partial charge on any atom is -0.496 e. The molecule has 112 valence electrons. The number of halogens is 1. The SMILES string of the molecule is COc1ccc(C(C)NCC2C(C)(C)C2(C)C)cc1Br. The van der Waals surface area contributed by atoms with Crippen molar-refractivity contribution < 1.29 is 4.74 Å². The number of hydrogen-bond acceptors (Lipinski definition) is 2. The van der Waals surface area contributed by atoms with Crippen molar-refractivity contribution >= 4 is 15.9 Å². The number of methoxy groups -OCH3 is 1. The van der Waals surface area contributed by atoms with Gasteiger partial charge in [-0.3, -0.25) is 0 Å². The predicted octanol–water partition coefficient (Wildman–Crippen LogP) is 4.79. The molecule has 0 aromatic heterocycles. The van der Waals surface area contributed by atoms with Gasteiger partial charge in [0.2, 0.25) is 0 Å². The zero-order chi connectivity index (χ0) is 15.1. The van der Waals surface area contributed by atoms with E-state index in [1.54, 1.807) is 7.11 Å². The van der Waals surface area contributed by atoms with Crippen LogP contribution in [-0.4, -0.2) is 13.7 Å². The van der Waals surface area contributed by atoms with Crippen molar-refractivity contribution in [3.63, 3.8) is 0 Å². The second kappa shape index (κ2) is 5.34. The Morgan fingerprint density at radius 1 is 1.25 bits per heavy atom. The molecule has 0 radical (unpaired) electrons. The van der Waals surface area contributed by atoms with Crippen molar-refractivity contribution in [1.82, 2.24) is 5.32 Å². The molecule has 2 rings (SSSR count). The van der Waals surface area contributed by atoms with Crippen molar-refractivity contribution in [2.45, 2.75) is 40.7 Å². The van der Waals surface area contributed by atoms with Crippen LogP contribution in [0.2, 0.25) is 0 Å². The second-order valence-corrected chi connectivity index (χ2v) is 7.87. The molecule has 1 atom stereocenters. The van der Waals surface area contributed by atoms with Gasteiger partial charge in [-0.15, -0.1) is 0 Å². The van der Waals surface area contributed by atoms with Crippen LogP contribution in [0.15, 0.2) is 22.7 Å². The van der Waals surface area contributed by atoms with Crippen LogP contribution < -0.4 is 10.1 Å². The molecule has 1 unspecified atom stereocenters. The van der Waals surface area contributed by atoms with Gasteiger partial charge in [0.25, 0.3) is 0 Å². The largest absolute Gasteiger partial charge is 0.496 e. The summed E-state index contributed by atoms with van der Waals surface area (Å²) >= 11 is 3.55. The van der Waals surface area contributed by atoms with Gasteiger partial charge in [-0.25, -0.2) is 0 Å². The summed E-state index contributed by atoms with van der Waals surface area (Å²) in [7, 11) is 1.69. The van der Waals surface area contributed by atoms with Gasteiger partial charge in [-0.2, -0.15) is 0 Å². The topological polar surface area (TPSA) is 21.3 Å². The lowest BCUT2D eigenvalue weighted by atomic mass is 10.0. The summed E-state index contributed by atoms with van der Waals surface area (Å²) in [5, 5.41) is 3.68. The first-order valence-corrected chi connectivity index (χ1v) is 8.08. The smallest absolute Gasteiger partial charge is 0.133 e. The average Bonchev–Trinajstić information content (AvgIpc) is 2.76. The van der Waals surface area contributed by atoms with Crippen molar-refractivity contribution in [2.24, 2.45) is 16.7 Å². The lowest BCUT2D eigenvalue weighted by molar-refractivity contribution is 0.411. The molecule has 20 heavy (non-hydrogen) atoms. The molecule has 1 aliphatic rings. The molecule has 1 aromatic carbocycles. The van der Waals surface area contributed by atoms with Crippen LogP contribution in [0.4, 0.5) is 0 Å². The van der Waals surface area contributed by atoms with E-state index in [1.165, 1.54) is 5.56 Å². The lowest BCUT2D eigenvalue weighted by Crippen LogP contribution is -2.23. The summed E-state index contributed by atoms with van der Waals surface area (Å²) < 4.78 is 6.29. The second-order valence-electron chi connectivity index (χ2n) is 7.02. The van der Waals surface area contributed by atoms with E-state index in [1.807, 2.05) is 6.07 Å². The van der Waals surface area contributed by atoms with Crippen molar-refractivity contribution in [1.29, 1.82) is 0 Å². The molecule has 1 aromatic rings. The van der Waals surface area contributed by atoms with Gasteiger partial charge in [0.05, 0.1) is 11.6 Å². The van der Waals surface area contributed by atoms with Gasteiger partial charge in [0.15, 0.2) is 0 Å². The average molecular weight is 340 g/mol. The van der Waals surface area contributed by atoms with Crippen LogP contribution in [0.5, 0.6) is 5.75 Å². The Morgan fingerprint density at radius 3 is 2.30 bits per heavy atom. The molecular formula is C17H26BrNO. The Hall–Kier alpha value is -0.540. The zero-order valence-corrected chi connectivity index (χ0v) is 15.0. The number of ether oxygens (including phenoxy) is 1. The Kier molecular flexibility index (Phi) is 4.23. The van der Waals surface area contributed by atoms with E-state index >= 15 is 0 Å². The molecule has 0 amide bonds. The molecule has 0 aliphatic heterocycles. The highest BCUT2D eigenvalue weighted by molar-refractivity contribution is 9.10. The quantitative estimate of drug-likeness (QED) is 0.832. The Morgan fingerprint density at radius 2 is 1.85 bits per heavy atom. The van der Waals surface area contributed by atoms with Crippen LogP contribution >= 0.6 is 15.9 Å². The standard InChI is InChI=1S/C17H26BrNO/c1-11(12-7-8-14(20-6)13(18)9-12)19-10-15-16(2,3)17(15,4)5/h7-9,11,15,19H,10H2,1-6H3. The zero-order valence-electron chi connectivity index (χ0n) is 13.4. The Labute approximate surface area is 131 Å². The minimum atomic E-state index is 0.351. The summed E-state index contributed by atoms with van der Waals surface area (Å²) in [5.74, 6) is 1.63. The molecule has 0 saturated heterocycles. The number of benzene rings is 1. The van der Waals surface area contributed by atoms with E-state index in [4.69, 9.17) is 4.74 Å². The minimum absolute atomic E-state index is 0.351. The molecular weight excluding hydrogens is 314 g/mol. The van der Waals surface area contributed by atoms with Gasteiger partial charge >= 0.3 is 0 Å². The number of nitrogens with one attached hydrogen (secondary N) is 1. The highest BCUT2D eigenvalue weighted by atomic mass is 79.9. The first-order valence-electron chi connectivity index (χ1n) is 7.28. The third kappa shape index (κ3) is 2.62. The molecule has 1 N–H and O–H groups in total. The first kappa shape index (κ1) is 15.8. The fraction of sp³-hybridized carbons (Fsp3) is 0.647. The molecule has 0 heterocycles. The van der Waals surface area contributed by atoms with E-state index in [0.29, 0.717) is 16.9 Å². The third-order valence-electron chi connectivity index (χ3n) is 5.62. The Balaban J connectivity index is 1.96. The Bertz CT molecular complexity index is 482. The molecule has 0 spiro atoms. The van der Waals surface area contributed by atoms with Crippen molar-refractivity contribution in [3.8, 4) is 5.75 Å². The van der Waals surface area contributed by atoms with Crippen LogP contribution in [0, 0.1) is 16.7 Å². The molecule has 3 heteroatoms. The van der Waals surface area contributed by atoms with Gasteiger partial charge in [0.1, 0.15) is 5.75 Å². The highest BCUT2D eigenvalue weighted by Crippen LogP contribution is 2.68. The maximum atomic E-state index is 5.28. The van der Waals surface area contributed by atoms with E-state index < -0.39 is 0 Å². The van der Waals surface area contributed by atoms with Crippen LogP contribution in [0.1, 0.15) is 46.2 Å². The summed E-state index contributed by atoms with van der Waals surface area (Å²) in [6, 6.07) is 6.64. The monoisotopic (exact) mass is 339 g/mol. The highest BCUT2D eigenvalue weighted by Gasteiger charge is 2.63. The van der Waals surface area contributed by atoms with Crippen molar-refractivity contribution in [2.75, 3.05) is 13.7 Å². The van der Waals surface area contributed by atoms with E-state index in [2.05, 4.69) is 68.0 Å². The van der Waals surface area contributed by atoms with Gasteiger partial charge in [-0.05, 0) is 63.8 Å². The molecule has 1 aliphatic carbocycles. The summed E-state index contributed by atoms with van der Waals surface area (Å²) in [6.07, 6.45) is 0. The summed E-state index contributed by atoms with van der Waals surface area (Å²) in [6.45, 7) is 12.8. The molecule has 1 fully saturated rings. The van der Waals surface area contributed by atoms with E-state index in [0.717, 1.165) is 22.7 Å². The van der Waals surface area contributed by atoms with E-state index in [-0.39, 0.29) is 0 Å². The predicted molar refractivity (Wildman–Crippen MR) is 88.2 cm³/mol. The molecule has 0 bridgehead atoms. The number of rotatable bonds is 5. The third-order valence-corrected chi connectivity index (χ3v) is 6.24. The normalized spacial score (nSPS) is 21.6. The van der Waals surface area contributed by atoms with Gasteiger partial charge in [-0.1, -0.05) is 33.8 Å². The maximum Gasteiger partial charge on any atom is 0.133 e. The maximum absolute atomic E-state index is 5.28. The molecule has 1 saturated carbocycles. The van der Waals surface area contributed by atoms with Gasteiger partial charge < -0.3 is 10.1 Å².